The van der Waals surface area contributed by atoms with Crippen molar-refractivity contribution in [3.05, 3.63) is 57.3 Å². The van der Waals surface area contributed by atoms with Gasteiger partial charge in [0.05, 0.1) is 24.3 Å². The Bertz CT molecular complexity index is 771. The number of H-pyrrole nitrogens is 1. The van der Waals surface area contributed by atoms with E-state index >= 15 is 0 Å². The number of aromatic amines is 1. The predicted octanol–water partition coefficient (Wildman–Crippen LogP) is 1.85. The molecular formula is C16H18N2O4. The summed E-state index contributed by atoms with van der Waals surface area (Å²) >= 11 is 0. The number of aryl methyl sites for hydroxylation is 2. The maximum atomic E-state index is 12.5. The van der Waals surface area contributed by atoms with Gasteiger partial charge in [-0.3, -0.25) is 9.59 Å². The zero-order valence-electron chi connectivity index (χ0n) is 12.8. The molecule has 0 bridgehead atoms. The van der Waals surface area contributed by atoms with E-state index in [1.165, 1.54) is 10.6 Å². The van der Waals surface area contributed by atoms with Crippen LogP contribution in [0, 0.1) is 13.8 Å². The molecule has 0 aliphatic rings. The Hall–Kier alpha value is -2.63. The second-order valence-electron chi connectivity index (χ2n) is 4.94. The Morgan fingerprint density at radius 2 is 1.86 bits per heavy atom. The Labute approximate surface area is 127 Å². The minimum absolute atomic E-state index is 0.121. The highest BCUT2D eigenvalue weighted by atomic mass is 16.5. The van der Waals surface area contributed by atoms with Crippen molar-refractivity contribution in [2.75, 3.05) is 6.61 Å². The maximum Gasteiger partial charge on any atom is 0.340 e. The largest absolute Gasteiger partial charge is 0.462 e. The Balaban J connectivity index is 2.40. The summed E-state index contributed by atoms with van der Waals surface area (Å²) in [6.07, 6.45) is 1.54. The summed E-state index contributed by atoms with van der Waals surface area (Å²) < 4.78 is 6.31. The number of nitrogens with one attached hydrogen (secondary N) is 1. The van der Waals surface area contributed by atoms with Crippen LogP contribution in [0.5, 0.6) is 0 Å². The maximum absolute atomic E-state index is 12.5. The van der Waals surface area contributed by atoms with Crippen LogP contribution >= 0.6 is 0 Å². The minimum atomic E-state index is -0.534. The van der Waals surface area contributed by atoms with E-state index in [2.05, 4.69) is 4.98 Å². The minimum Gasteiger partial charge on any atom is -0.462 e. The van der Waals surface area contributed by atoms with Crippen molar-refractivity contribution < 1.29 is 14.3 Å². The van der Waals surface area contributed by atoms with E-state index in [4.69, 9.17) is 4.74 Å². The standard InChI is InChI=1S/C16H18N2O4/c1-4-22-16(21)15-11(3)17-10(2)14(15)12(19)9-18-8-6-5-7-13(18)20/h5-8,17H,4,9H2,1-3H3. The second kappa shape index (κ2) is 6.43. The molecule has 0 aromatic carbocycles. The van der Waals surface area contributed by atoms with Crippen molar-refractivity contribution in [2.45, 2.75) is 27.3 Å². The van der Waals surface area contributed by atoms with E-state index in [1.807, 2.05) is 0 Å². The number of hydrogen-bond donors (Lipinski definition) is 1. The van der Waals surface area contributed by atoms with Gasteiger partial charge in [-0.05, 0) is 26.8 Å². The van der Waals surface area contributed by atoms with Gasteiger partial charge in [-0.2, -0.15) is 0 Å². The van der Waals surface area contributed by atoms with Crippen LogP contribution in [0.15, 0.2) is 29.2 Å². The van der Waals surface area contributed by atoms with Crippen molar-refractivity contribution >= 4 is 11.8 Å². The van der Waals surface area contributed by atoms with Crippen molar-refractivity contribution in [2.24, 2.45) is 0 Å². The molecule has 6 heteroatoms. The highest BCUT2D eigenvalue weighted by molar-refractivity contribution is 6.08. The first-order valence-corrected chi connectivity index (χ1v) is 7.00. The summed E-state index contributed by atoms with van der Waals surface area (Å²) in [4.78, 5) is 39.3. The van der Waals surface area contributed by atoms with Crippen LogP contribution in [0.1, 0.15) is 39.0 Å². The number of rotatable bonds is 5. The van der Waals surface area contributed by atoms with E-state index in [9.17, 15) is 14.4 Å². The molecule has 0 aliphatic carbocycles. The molecule has 0 saturated heterocycles. The highest BCUT2D eigenvalue weighted by Crippen LogP contribution is 2.20. The van der Waals surface area contributed by atoms with Gasteiger partial charge in [0.2, 0.25) is 0 Å². The molecule has 0 radical (unpaired) electrons. The van der Waals surface area contributed by atoms with E-state index < -0.39 is 5.97 Å². The third kappa shape index (κ3) is 3.00. The first-order chi connectivity index (χ1) is 10.5. The van der Waals surface area contributed by atoms with Crippen molar-refractivity contribution in [1.82, 2.24) is 9.55 Å². The SMILES string of the molecule is CCOC(=O)c1c(C)[nH]c(C)c1C(=O)Cn1ccccc1=O. The highest BCUT2D eigenvalue weighted by Gasteiger charge is 2.25. The fourth-order valence-electron chi connectivity index (χ4n) is 2.41. The molecule has 2 heterocycles. The number of hydrogen-bond acceptors (Lipinski definition) is 4. The van der Waals surface area contributed by atoms with E-state index in [0.717, 1.165) is 0 Å². The van der Waals surface area contributed by atoms with Crippen molar-refractivity contribution in [1.29, 1.82) is 0 Å². The molecular weight excluding hydrogens is 284 g/mol. The average Bonchev–Trinajstić information content (AvgIpc) is 2.76. The summed E-state index contributed by atoms with van der Waals surface area (Å²) in [5.41, 5.74) is 1.44. The smallest absolute Gasteiger partial charge is 0.340 e. The molecule has 6 nitrogen and oxygen atoms in total. The lowest BCUT2D eigenvalue weighted by Crippen LogP contribution is -2.24. The van der Waals surface area contributed by atoms with E-state index in [0.29, 0.717) is 11.4 Å². The van der Waals surface area contributed by atoms with E-state index in [-0.39, 0.29) is 35.6 Å². The van der Waals surface area contributed by atoms with Crippen LogP contribution in [0.3, 0.4) is 0 Å². The predicted molar refractivity (Wildman–Crippen MR) is 81.3 cm³/mol. The molecule has 2 aromatic rings. The van der Waals surface area contributed by atoms with Gasteiger partial charge in [-0.15, -0.1) is 0 Å². The topological polar surface area (TPSA) is 81.2 Å². The molecule has 22 heavy (non-hydrogen) atoms. The van der Waals surface area contributed by atoms with Crippen LogP contribution < -0.4 is 5.56 Å². The average molecular weight is 302 g/mol. The number of esters is 1. The van der Waals surface area contributed by atoms with Crippen molar-refractivity contribution in [3.8, 4) is 0 Å². The zero-order chi connectivity index (χ0) is 16.3. The lowest BCUT2D eigenvalue weighted by Gasteiger charge is -2.07. The molecule has 0 amide bonds. The van der Waals surface area contributed by atoms with Crippen LogP contribution in [0.25, 0.3) is 0 Å². The number of nitrogens with zero attached hydrogens (tertiary/aromatic N) is 1. The monoisotopic (exact) mass is 302 g/mol. The second-order valence-corrected chi connectivity index (χ2v) is 4.94. The number of pyridine rings is 1. The molecule has 2 rings (SSSR count). The molecule has 1 N–H and O–H groups in total. The summed E-state index contributed by atoms with van der Waals surface area (Å²) in [5.74, 6) is -0.841. The molecule has 0 unspecified atom stereocenters. The van der Waals surface area contributed by atoms with Gasteiger partial charge >= 0.3 is 5.97 Å². The van der Waals surface area contributed by atoms with Gasteiger partial charge in [0.1, 0.15) is 0 Å². The van der Waals surface area contributed by atoms with Gasteiger partial charge in [0.25, 0.3) is 5.56 Å². The number of aromatic nitrogens is 2. The third-order valence-electron chi connectivity index (χ3n) is 3.35. The normalized spacial score (nSPS) is 10.5. The molecule has 0 atom stereocenters. The van der Waals surface area contributed by atoms with Gasteiger partial charge in [0.15, 0.2) is 5.78 Å². The quantitative estimate of drug-likeness (QED) is 0.675. The number of ether oxygens (including phenoxy) is 1. The summed E-state index contributed by atoms with van der Waals surface area (Å²) in [6.45, 7) is 5.25. The lowest BCUT2D eigenvalue weighted by molar-refractivity contribution is 0.0522. The number of ketones is 1. The first-order valence-electron chi connectivity index (χ1n) is 7.00. The third-order valence-corrected chi connectivity index (χ3v) is 3.35. The number of carbonyl (C=O) groups excluding carboxylic acids is 2. The van der Waals surface area contributed by atoms with Crippen molar-refractivity contribution in [3.63, 3.8) is 0 Å². The van der Waals surface area contributed by atoms with Gasteiger partial charge in [0, 0.05) is 23.7 Å². The fraction of sp³-hybridized carbons (Fsp3) is 0.312. The summed E-state index contributed by atoms with van der Waals surface area (Å²) in [7, 11) is 0. The lowest BCUT2D eigenvalue weighted by atomic mass is 10.0. The molecule has 116 valence electrons. The Morgan fingerprint density at radius 3 is 2.50 bits per heavy atom. The molecule has 0 spiro atoms. The zero-order valence-corrected chi connectivity index (χ0v) is 12.8. The molecule has 0 fully saturated rings. The molecule has 2 aromatic heterocycles. The Kier molecular flexibility index (Phi) is 4.60. The van der Waals surface area contributed by atoms with Gasteiger partial charge in [-0.25, -0.2) is 4.79 Å². The fourth-order valence-corrected chi connectivity index (χ4v) is 2.41. The van der Waals surface area contributed by atoms with Crippen LogP contribution in [0.2, 0.25) is 0 Å². The summed E-state index contributed by atoms with van der Waals surface area (Å²) in [6, 6.07) is 4.67. The number of Topliss-reactive ketones (excluding diaryl/α,β-unsaturated/α-hetero) is 1. The van der Waals surface area contributed by atoms with Crippen LogP contribution in [-0.4, -0.2) is 27.9 Å². The van der Waals surface area contributed by atoms with Crippen LogP contribution in [-0.2, 0) is 11.3 Å². The number of carbonyl (C=O) groups is 2. The summed E-state index contributed by atoms with van der Waals surface area (Å²) in [5, 5.41) is 0. The Morgan fingerprint density at radius 1 is 1.18 bits per heavy atom. The van der Waals surface area contributed by atoms with Crippen LogP contribution in [0.4, 0.5) is 0 Å². The molecule has 0 aliphatic heterocycles. The van der Waals surface area contributed by atoms with Gasteiger partial charge in [-0.1, -0.05) is 6.07 Å². The molecule has 0 saturated carbocycles. The first kappa shape index (κ1) is 15.8. The van der Waals surface area contributed by atoms with Gasteiger partial charge < -0.3 is 14.3 Å². The van der Waals surface area contributed by atoms with E-state index in [1.54, 1.807) is 39.1 Å².